The van der Waals surface area contributed by atoms with E-state index in [1.165, 1.54) is 24.8 Å². The molecule has 0 spiro atoms. The Kier molecular flexibility index (Phi) is 32.0. The summed E-state index contributed by atoms with van der Waals surface area (Å²) in [6.07, 6.45) is 16.7. The SMILES string of the molecule is C=CC.C=CCCC(CCC)C(C)(C)C(/C=C\CC)=C/C.CC.CC. The molecular formula is C25H50. The normalized spacial score (nSPS) is 11.8. The summed E-state index contributed by atoms with van der Waals surface area (Å²) in [4.78, 5) is 0. The molecule has 0 amide bonds. The summed E-state index contributed by atoms with van der Waals surface area (Å²) < 4.78 is 0. The Hall–Kier alpha value is -1.04. The minimum Gasteiger partial charge on any atom is -0.103 e. The van der Waals surface area contributed by atoms with Crippen LogP contribution in [-0.2, 0) is 0 Å². The maximum atomic E-state index is 3.86. The van der Waals surface area contributed by atoms with Crippen LogP contribution in [0.2, 0.25) is 0 Å². The van der Waals surface area contributed by atoms with Gasteiger partial charge in [-0.3, -0.25) is 0 Å². The third-order valence-electron chi connectivity index (χ3n) is 3.97. The lowest BCUT2D eigenvalue weighted by molar-refractivity contribution is 0.237. The van der Waals surface area contributed by atoms with Crippen LogP contribution in [0.4, 0.5) is 0 Å². The number of rotatable bonds is 9. The fourth-order valence-electron chi connectivity index (χ4n) is 2.70. The summed E-state index contributed by atoms with van der Waals surface area (Å²) in [5.41, 5.74) is 1.74. The third kappa shape index (κ3) is 17.6. The zero-order valence-electron chi connectivity index (χ0n) is 19.4. The van der Waals surface area contributed by atoms with Gasteiger partial charge in [0.2, 0.25) is 0 Å². The molecule has 0 aliphatic heterocycles. The van der Waals surface area contributed by atoms with Crippen LogP contribution >= 0.6 is 0 Å². The van der Waals surface area contributed by atoms with Gasteiger partial charge in [-0.15, -0.1) is 13.2 Å². The second-order valence-corrected chi connectivity index (χ2v) is 6.04. The number of hydrogen-bond donors (Lipinski definition) is 0. The Labute approximate surface area is 162 Å². The lowest BCUT2D eigenvalue weighted by Crippen LogP contribution is -2.26. The zero-order chi connectivity index (χ0) is 20.7. The van der Waals surface area contributed by atoms with Crippen molar-refractivity contribution in [2.24, 2.45) is 11.3 Å². The minimum atomic E-state index is 0.263. The molecule has 0 aliphatic carbocycles. The maximum Gasteiger partial charge on any atom is -0.00786 e. The summed E-state index contributed by atoms with van der Waals surface area (Å²) in [6, 6.07) is 0. The van der Waals surface area contributed by atoms with Crippen LogP contribution in [0.15, 0.2) is 49.1 Å². The van der Waals surface area contributed by atoms with Crippen molar-refractivity contribution >= 4 is 0 Å². The Bertz CT molecular complexity index is 315. The van der Waals surface area contributed by atoms with Gasteiger partial charge >= 0.3 is 0 Å². The van der Waals surface area contributed by atoms with E-state index in [4.69, 9.17) is 0 Å². The molecule has 0 saturated carbocycles. The van der Waals surface area contributed by atoms with E-state index < -0.39 is 0 Å². The molecule has 0 N–H and O–H groups in total. The van der Waals surface area contributed by atoms with E-state index in [9.17, 15) is 0 Å². The Morgan fingerprint density at radius 3 is 1.76 bits per heavy atom. The summed E-state index contributed by atoms with van der Waals surface area (Å²) >= 11 is 0. The number of hydrogen-bond acceptors (Lipinski definition) is 0. The maximum absolute atomic E-state index is 3.86. The van der Waals surface area contributed by atoms with Gasteiger partial charge in [-0.1, -0.05) is 92.2 Å². The van der Waals surface area contributed by atoms with Crippen molar-refractivity contribution < 1.29 is 0 Å². The van der Waals surface area contributed by atoms with Crippen LogP contribution in [0.25, 0.3) is 0 Å². The Morgan fingerprint density at radius 1 is 0.960 bits per heavy atom. The van der Waals surface area contributed by atoms with Crippen molar-refractivity contribution in [1.82, 2.24) is 0 Å². The first kappa shape index (κ1) is 31.7. The van der Waals surface area contributed by atoms with Gasteiger partial charge in [0.1, 0.15) is 0 Å². The topological polar surface area (TPSA) is 0 Å². The molecule has 0 aliphatic rings. The molecule has 0 heterocycles. The third-order valence-corrected chi connectivity index (χ3v) is 3.97. The molecule has 0 nitrogen and oxygen atoms in total. The molecular weight excluding hydrogens is 300 g/mol. The molecule has 0 rings (SSSR count). The van der Waals surface area contributed by atoms with Crippen molar-refractivity contribution in [3.63, 3.8) is 0 Å². The summed E-state index contributed by atoms with van der Waals surface area (Å²) in [7, 11) is 0. The fourth-order valence-corrected chi connectivity index (χ4v) is 2.70. The van der Waals surface area contributed by atoms with Gasteiger partial charge in [0.15, 0.2) is 0 Å². The van der Waals surface area contributed by atoms with E-state index in [2.05, 4.69) is 72.1 Å². The largest absolute Gasteiger partial charge is 0.103 e. The van der Waals surface area contributed by atoms with Crippen molar-refractivity contribution in [3.8, 4) is 0 Å². The fraction of sp³-hybridized carbons (Fsp3) is 0.680. The van der Waals surface area contributed by atoms with Crippen molar-refractivity contribution in [2.45, 2.75) is 101 Å². The smallest absolute Gasteiger partial charge is 0.00786 e. The van der Waals surface area contributed by atoms with Crippen LogP contribution in [0.1, 0.15) is 101 Å². The van der Waals surface area contributed by atoms with Gasteiger partial charge in [0.05, 0.1) is 0 Å². The lowest BCUT2D eigenvalue weighted by Gasteiger charge is -2.36. The van der Waals surface area contributed by atoms with E-state index in [0.717, 1.165) is 18.8 Å². The molecule has 0 aromatic heterocycles. The molecule has 1 unspecified atom stereocenters. The highest BCUT2D eigenvalue weighted by Crippen LogP contribution is 2.41. The molecule has 25 heavy (non-hydrogen) atoms. The standard InChI is InChI=1S/C18H32.C3H6.2C2H6/c1-7-11-14-16(10-4)18(5,6)17(13-9-3)15-12-8-2;1-3-2;2*1-2/h8,10-11,14,17H,2,7,9,12-13,15H2,1,3-6H3;3H,1H2,2H3;2*1-2H3/b14-11-,16-10+;;;. The number of allylic oxidation sites excluding steroid dienone is 6. The molecule has 0 aromatic rings. The van der Waals surface area contributed by atoms with Crippen LogP contribution in [0.5, 0.6) is 0 Å². The quantitative estimate of drug-likeness (QED) is 0.287. The van der Waals surface area contributed by atoms with Crippen molar-refractivity contribution in [3.05, 3.63) is 49.1 Å². The molecule has 150 valence electrons. The monoisotopic (exact) mass is 350 g/mol. The molecule has 0 heteroatoms. The second kappa shape index (κ2) is 25.2. The highest BCUT2D eigenvalue weighted by atomic mass is 14.3. The molecule has 0 radical (unpaired) electrons. The van der Waals surface area contributed by atoms with Gasteiger partial charge in [-0.25, -0.2) is 0 Å². The summed E-state index contributed by atoms with van der Waals surface area (Å²) in [6.45, 7) is 28.5. The molecule has 0 fully saturated rings. The molecule has 0 aromatic carbocycles. The average molecular weight is 351 g/mol. The average Bonchev–Trinajstić information content (AvgIpc) is 2.63. The first-order chi connectivity index (χ1) is 12.0. The van der Waals surface area contributed by atoms with Gasteiger partial charge in [-0.05, 0) is 56.4 Å². The first-order valence-corrected chi connectivity index (χ1v) is 10.5. The van der Waals surface area contributed by atoms with E-state index in [1.54, 1.807) is 6.08 Å². The highest BCUT2D eigenvalue weighted by Gasteiger charge is 2.30. The van der Waals surface area contributed by atoms with Crippen molar-refractivity contribution in [1.29, 1.82) is 0 Å². The zero-order valence-corrected chi connectivity index (χ0v) is 19.4. The highest BCUT2D eigenvalue weighted by molar-refractivity contribution is 5.26. The van der Waals surface area contributed by atoms with Crippen LogP contribution < -0.4 is 0 Å². The van der Waals surface area contributed by atoms with Crippen LogP contribution in [0.3, 0.4) is 0 Å². The molecule has 0 bridgehead atoms. The minimum absolute atomic E-state index is 0.263. The Balaban J connectivity index is -0.000000274. The van der Waals surface area contributed by atoms with Crippen molar-refractivity contribution in [2.75, 3.05) is 0 Å². The van der Waals surface area contributed by atoms with Gasteiger partial charge in [0, 0.05) is 0 Å². The first-order valence-electron chi connectivity index (χ1n) is 10.5. The van der Waals surface area contributed by atoms with Crippen LogP contribution in [-0.4, -0.2) is 0 Å². The Morgan fingerprint density at radius 2 is 1.44 bits per heavy atom. The summed E-state index contributed by atoms with van der Waals surface area (Å²) in [5.74, 6) is 0.744. The van der Waals surface area contributed by atoms with Gasteiger partial charge in [-0.2, -0.15) is 0 Å². The predicted molar refractivity (Wildman–Crippen MR) is 123 cm³/mol. The van der Waals surface area contributed by atoms with Crippen LogP contribution in [0, 0.1) is 11.3 Å². The molecule has 0 saturated heterocycles. The van der Waals surface area contributed by atoms with Gasteiger partial charge in [0.25, 0.3) is 0 Å². The molecule has 1 atom stereocenters. The van der Waals surface area contributed by atoms with E-state index in [0.29, 0.717) is 0 Å². The second-order valence-electron chi connectivity index (χ2n) is 6.04. The lowest BCUT2D eigenvalue weighted by atomic mass is 9.69. The summed E-state index contributed by atoms with van der Waals surface area (Å²) in [5, 5.41) is 0. The van der Waals surface area contributed by atoms with E-state index >= 15 is 0 Å². The van der Waals surface area contributed by atoms with Gasteiger partial charge < -0.3 is 0 Å². The van der Waals surface area contributed by atoms with E-state index in [-0.39, 0.29) is 5.41 Å². The van der Waals surface area contributed by atoms with E-state index in [1.807, 2.05) is 34.6 Å². The predicted octanol–water partition coefficient (Wildman–Crippen LogP) is 9.55.